The third kappa shape index (κ3) is 11.4. The van der Waals surface area contributed by atoms with Gasteiger partial charge in [0.15, 0.2) is 10.3 Å². The number of rotatable bonds is 12. The second kappa shape index (κ2) is 20.9. The minimum atomic E-state index is -0.368. The van der Waals surface area contributed by atoms with Gasteiger partial charge in [0.2, 0.25) is 5.78 Å². The quantitative estimate of drug-likeness (QED) is 0.0773. The molecule has 0 aliphatic carbocycles. The first-order valence-electron chi connectivity index (χ1n) is 14.5. The van der Waals surface area contributed by atoms with E-state index >= 15 is 0 Å². The minimum Gasteiger partial charge on any atom is -0.496 e. The van der Waals surface area contributed by atoms with Gasteiger partial charge >= 0.3 is 0 Å². The van der Waals surface area contributed by atoms with Gasteiger partial charge in [0.1, 0.15) is 50.2 Å². The molecule has 0 saturated heterocycles. The Morgan fingerprint density at radius 1 is 0.735 bits per heavy atom. The highest BCUT2D eigenvalue weighted by molar-refractivity contribution is 9.10. The van der Waals surface area contributed by atoms with Gasteiger partial charge in [0.05, 0.1) is 41.1 Å². The van der Waals surface area contributed by atoms with Gasteiger partial charge in [-0.3, -0.25) is 14.4 Å². The molecule has 17 heteroatoms. The first kappa shape index (κ1) is 40.9. The molecule has 0 aliphatic heterocycles. The molecular formula is C32H40BrN7O7S2. The molecule has 2 aromatic heterocycles. The molecule has 2 heterocycles. The number of hydrogen-bond donors (Lipinski definition) is 2. The van der Waals surface area contributed by atoms with E-state index < -0.39 is 0 Å². The lowest BCUT2D eigenvalue weighted by atomic mass is 10.0. The predicted octanol–water partition coefficient (Wildman–Crippen LogP) is 5.69. The number of amides is 1. The van der Waals surface area contributed by atoms with E-state index in [2.05, 4.69) is 35.9 Å². The van der Waals surface area contributed by atoms with Crippen molar-refractivity contribution in [2.45, 2.75) is 24.2 Å². The molecule has 0 saturated carbocycles. The molecule has 264 valence electrons. The van der Waals surface area contributed by atoms with E-state index in [1.807, 2.05) is 32.0 Å². The van der Waals surface area contributed by atoms with Crippen LogP contribution in [0.15, 0.2) is 63.6 Å². The molecule has 0 bridgehead atoms. The average Bonchev–Trinajstić information content (AvgIpc) is 3.11. The fraction of sp³-hybridized carbons (Fsp3) is 0.312. The van der Waals surface area contributed by atoms with E-state index in [-0.39, 0.29) is 34.5 Å². The van der Waals surface area contributed by atoms with Crippen molar-refractivity contribution in [2.24, 2.45) is 0 Å². The fourth-order valence-corrected chi connectivity index (χ4v) is 5.45. The van der Waals surface area contributed by atoms with Crippen molar-refractivity contribution in [1.29, 1.82) is 0 Å². The summed E-state index contributed by atoms with van der Waals surface area (Å²) in [5.74, 6) is 3.68. The van der Waals surface area contributed by atoms with Crippen molar-refractivity contribution in [3.05, 3.63) is 70.0 Å². The van der Waals surface area contributed by atoms with Crippen LogP contribution in [0.4, 0.5) is 11.6 Å². The Morgan fingerprint density at radius 3 is 1.51 bits per heavy atom. The summed E-state index contributed by atoms with van der Waals surface area (Å²) in [6, 6.07) is 10.7. The zero-order valence-corrected chi connectivity index (χ0v) is 31.7. The lowest BCUT2D eigenvalue weighted by molar-refractivity contribution is -0.0756. The van der Waals surface area contributed by atoms with Crippen molar-refractivity contribution in [3.63, 3.8) is 0 Å². The van der Waals surface area contributed by atoms with Crippen LogP contribution in [0, 0.1) is 0 Å². The van der Waals surface area contributed by atoms with Crippen LogP contribution in [-0.2, 0) is 4.84 Å². The van der Waals surface area contributed by atoms with E-state index in [9.17, 15) is 9.59 Å². The summed E-state index contributed by atoms with van der Waals surface area (Å²) in [5, 5.41) is 2.18. The Kier molecular flexibility index (Phi) is 17.4. The zero-order chi connectivity index (χ0) is 36.5. The number of thioether (sulfide) groups is 2. The van der Waals surface area contributed by atoms with Crippen LogP contribution in [-0.4, -0.2) is 90.8 Å². The fourth-order valence-electron chi connectivity index (χ4n) is 3.76. The van der Waals surface area contributed by atoms with Crippen molar-refractivity contribution < 1.29 is 33.4 Å². The molecule has 1 amide bonds. The minimum absolute atomic E-state index is 0.143. The highest BCUT2D eigenvalue weighted by atomic mass is 79.9. The van der Waals surface area contributed by atoms with Gasteiger partial charge in [-0.2, -0.15) is 0 Å². The second-order valence-electron chi connectivity index (χ2n) is 9.10. The summed E-state index contributed by atoms with van der Waals surface area (Å²) >= 11 is 6.28. The van der Waals surface area contributed by atoms with Gasteiger partial charge in [0.25, 0.3) is 5.91 Å². The van der Waals surface area contributed by atoms with Crippen molar-refractivity contribution >= 4 is 62.8 Å². The van der Waals surface area contributed by atoms with Crippen LogP contribution in [0.2, 0.25) is 0 Å². The average molecular weight is 779 g/mol. The highest BCUT2D eigenvalue weighted by Crippen LogP contribution is 2.34. The molecule has 14 nitrogen and oxygen atoms in total. The third-order valence-electron chi connectivity index (χ3n) is 6.20. The Bertz CT molecular complexity index is 1660. The van der Waals surface area contributed by atoms with Crippen LogP contribution < -0.4 is 30.4 Å². The van der Waals surface area contributed by atoms with Gasteiger partial charge in [0, 0.05) is 19.4 Å². The van der Waals surface area contributed by atoms with E-state index in [1.54, 1.807) is 32.4 Å². The Morgan fingerprint density at radius 2 is 1.14 bits per heavy atom. The number of benzene rings is 2. The number of hydroxylamine groups is 2. The molecule has 0 unspecified atom stereocenters. The number of hydrogen-bond acceptors (Lipinski definition) is 15. The van der Waals surface area contributed by atoms with Gasteiger partial charge in [-0.05, 0) is 51.7 Å². The summed E-state index contributed by atoms with van der Waals surface area (Å²) in [5.41, 5.74) is 12.4. The molecule has 49 heavy (non-hydrogen) atoms. The molecule has 4 N–H and O–H groups in total. The van der Waals surface area contributed by atoms with Crippen molar-refractivity contribution in [3.8, 4) is 23.0 Å². The topological polar surface area (TPSA) is 187 Å². The Hall–Kier alpha value is -4.32. The molecule has 2 aromatic carbocycles. The van der Waals surface area contributed by atoms with Gasteiger partial charge < -0.3 is 30.4 Å². The summed E-state index contributed by atoms with van der Waals surface area (Å²) in [6.45, 7) is 3.98. The Labute approximate surface area is 302 Å². The van der Waals surface area contributed by atoms with Gasteiger partial charge in [-0.1, -0.05) is 49.5 Å². The van der Waals surface area contributed by atoms with E-state index in [0.29, 0.717) is 27.4 Å². The largest absolute Gasteiger partial charge is 0.496 e. The maximum atomic E-state index is 12.8. The van der Waals surface area contributed by atoms with Crippen LogP contribution >= 0.6 is 39.5 Å². The number of nitrogens with two attached hydrogens (primary N) is 2. The molecule has 0 aliphatic rings. The van der Waals surface area contributed by atoms with E-state index in [4.69, 9.17) is 35.3 Å². The number of anilines is 2. The lowest BCUT2D eigenvalue weighted by Crippen LogP contribution is -2.26. The SMILES string of the molecule is CCSc1ncc(C(=O)N(C)OC)c(N)n1.CCSc1ncc(C(=O)c2c(OC)cccc2OC)c(N)n1.COc1cccc(OC)c1Br. The molecule has 0 atom stereocenters. The van der Waals surface area contributed by atoms with Crippen LogP contribution in [0.3, 0.4) is 0 Å². The number of ether oxygens (including phenoxy) is 4. The van der Waals surface area contributed by atoms with Crippen LogP contribution in [0.1, 0.15) is 40.1 Å². The number of ketones is 1. The van der Waals surface area contributed by atoms with E-state index in [1.165, 1.54) is 64.3 Å². The number of aromatic nitrogens is 4. The first-order valence-corrected chi connectivity index (χ1v) is 17.2. The van der Waals surface area contributed by atoms with Crippen molar-refractivity contribution in [2.75, 3.05) is 65.6 Å². The number of carbonyl (C=O) groups is 2. The van der Waals surface area contributed by atoms with Crippen LogP contribution in [0.5, 0.6) is 23.0 Å². The zero-order valence-electron chi connectivity index (χ0n) is 28.5. The smallest absolute Gasteiger partial charge is 0.282 e. The Balaban J connectivity index is 0.000000271. The summed E-state index contributed by atoms with van der Waals surface area (Å²) in [4.78, 5) is 45.6. The number of halogens is 1. The number of nitrogens with zero attached hydrogens (tertiary/aromatic N) is 5. The summed E-state index contributed by atoms with van der Waals surface area (Å²) < 4.78 is 21.5. The third-order valence-corrected chi connectivity index (χ3v) is 8.47. The first-order chi connectivity index (χ1) is 23.5. The molecule has 0 fully saturated rings. The number of carbonyl (C=O) groups excluding carboxylic acids is 2. The van der Waals surface area contributed by atoms with E-state index in [0.717, 1.165) is 32.5 Å². The standard InChI is InChI=1S/C15H17N3O3S.C9H14N4O2S.C8H9BrO2/c1-4-22-15-17-8-9(14(16)18-15)13(19)12-10(20-2)6-5-7-11(12)21-3;1-4-16-9-11-5-6(7(10)12-9)8(14)13(2)15-3;1-10-6-4-3-5-7(11-2)8(6)9/h5-8H,4H2,1-3H3,(H2,16,17,18);5H,4H2,1-3H3,(H2,10,11,12);3-5H,1-2H3. The predicted molar refractivity (Wildman–Crippen MR) is 195 cm³/mol. The highest BCUT2D eigenvalue weighted by Gasteiger charge is 2.23. The number of methoxy groups -OCH3 is 4. The van der Waals surface area contributed by atoms with Gasteiger partial charge in [-0.25, -0.2) is 25.0 Å². The molecular weight excluding hydrogens is 738 g/mol. The monoisotopic (exact) mass is 777 g/mol. The second-order valence-corrected chi connectivity index (χ2v) is 12.4. The normalized spacial score (nSPS) is 10.1. The molecule has 0 spiro atoms. The molecule has 4 aromatic rings. The summed E-state index contributed by atoms with van der Waals surface area (Å²) in [7, 11) is 9.13. The number of nitrogen functional groups attached to an aromatic ring is 2. The van der Waals surface area contributed by atoms with Crippen LogP contribution in [0.25, 0.3) is 0 Å². The molecule has 4 rings (SSSR count). The maximum absolute atomic E-state index is 12.8. The van der Waals surface area contributed by atoms with Gasteiger partial charge in [-0.15, -0.1) is 0 Å². The van der Waals surface area contributed by atoms with Crippen molar-refractivity contribution in [1.82, 2.24) is 25.0 Å². The summed E-state index contributed by atoms with van der Waals surface area (Å²) in [6.07, 6.45) is 2.85. The molecule has 0 radical (unpaired) electrons. The maximum Gasteiger partial charge on any atom is 0.282 e. The lowest BCUT2D eigenvalue weighted by Gasteiger charge is -2.14.